The van der Waals surface area contributed by atoms with Crippen LogP contribution in [0, 0.1) is 24.5 Å². The number of hydrogen-bond acceptors (Lipinski definition) is 7. The molecule has 0 saturated carbocycles. The number of hydrogen-bond donors (Lipinski definition) is 1. The van der Waals surface area contributed by atoms with Gasteiger partial charge in [-0.1, -0.05) is 13.0 Å². The average Bonchev–Trinajstić information content (AvgIpc) is 3.66. The maximum Gasteiger partial charge on any atom is 0.229 e. The second-order valence-corrected chi connectivity index (χ2v) is 10.8. The van der Waals surface area contributed by atoms with Crippen molar-refractivity contribution >= 4 is 22.8 Å². The number of benzene rings is 1. The molecule has 5 heterocycles. The van der Waals surface area contributed by atoms with E-state index in [0.29, 0.717) is 28.6 Å². The third kappa shape index (κ3) is 4.65. The van der Waals surface area contributed by atoms with E-state index in [4.69, 9.17) is 4.74 Å². The van der Waals surface area contributed by atoms with Crippen LogP contribution in [-0.2, 0) is 10.3 Å². The van der Waals surface area contributed by atoms with Gasteiger partial charge >= 0.3 is 0 Å². The summed E-state index contributed by atoms with van der Waals surface area (Å²) in [5.74, 6) is 0.717. The van der Waals surface area contributed by atoms with E-state index in [-0.39, 0.29) is 28.8 Å². The maximum atomic E-state index is 15.0. The molecule has 0 aliphatic carbocycles. The molecular formula is C29H33F2N7O. The fourth-order valence-electron chi connectivity index (χ4n) is 5.95. The van der Waals surface area contributed by atoms with Crippen LogP contribution in [0.15, 0.2) is 36.7 Å². The highest BCUT2D eigenvalue weighted by Gasteiger charge is 2.53. The Bertz CT molecular complexity index is 1510. The van der Waals surface area contributed by atoms with Crippen molar-refractivity contribution in [3.8, 4) is 11.3 Å². The summed E-state index contributed by atoms with van der Waals surface area (Å²) in [6.07, 6.45) is 5.15. The molecule has 2 fully saturated rings. The van der Waals surface area contributed by atoms with Crippen LogP contribution in [0.25, 0.3) is 22.3 Å². The Morgan fingerprint density at radius 3 is 2.49 bits per heavy atom. The van der Waals surface area contributed by atoms with Gasteiger partial charge in [-0.2, -0.15) is 0 Å². The summed E-state index contributed by atoms with van der Waals surface area (Å²) >= 11 is 0. The van der Waals surface area contributed by atoms with E-state index in [0.717, 1.165) is 50.8 Å². The number of rotatable bonds is 7. The Hall–Kier alpha value is -3.50. The quantitative estimate of drug-likeness (QED) is 0.303. The van der Waals surface area contributed by atoms with E-state index in [1.807, 2.05) is 43.7 Å². The van der Waals surface area contributed by atoms with E-state index in [2.05, 4.69) is 37.1 Å². The Morgan fingerprint density at radius 2 is 1.85 bits per heavy atom. The Balaban J connectivity index is 1.24. The van der Waals surface area contributed by atoms with Crippen LogP contribution in [-0.4, -0.2) is 55.6 Å². The number of fused-ring (bicyclic) bond motifs is 1. The van der Waals surface area contributed by atoms with Crippen LogP contribution in [0.2, 0.25) is 0 Å². The smallest absolute Gasteiger partial charge is 0.229 e. The minimum atomic E-state index is -0.642. The van der Waals surface area contributed by atoms with Crippen molar-refractivity contribution in [1.82, 2.24) is 29.4 Å². The van der Waals surface area contributed by atoms with Gasteiger partial charge in [0.2, 0.25) is 5.95 Å². The molecule has 1 atom stereocenters. The largest absolute Gasteiger partial charge is 0.364 e. The van der Waals surface area contributed by atoms with Crippen molar-refractivity contribution in [1.29, 1.82) is 0 Å². The third-order valence-corrected chi connectivity index (χ3v) is 8.10. The van der Waals surface area contributed by atoms with Crippen LogP contribution < -0.4 is 5.32 Å². The highest BCUT2D eigenvalue weighted by atomic mass is 19.1. The van der Waals surface area contributed by atoms with Gasteiger partial charge in [0, 0.05) is 23.4 Å². The molecule has 204 valence electrons. The molecular weight excluding hydrogens is 500 g/mol. The summed E-state index contributed by atoms with van der Waals surface area (Å²) in [4.78, 5) is 19.9. The average molecular weight is 534 g/mol. The SMILES string of the molecule is CCN1CCC([C@]2(c3ccc(Nc4ncc(F)c(-c5cc(F)c6nc(C)n(C(C)C)c6c5)n4)nc3)CO2)CC1. The first-order chi connectivity index (χ1) is 18.8. The minimum Gasteiger partial charge on any atom is -0.364 e. The molecule has 0 unspecified atom stereocenters. The first-order valence-electron chi connectivity index (χ1n) is 13.6. The molecule has 2 aliphatic heterocycles. The lowest BCUT2D eigenvalue weighted by Gasteiger charge is -2.34. The monoisotopic (exact) mass is 533 g/mol. The van der Waals surface area contributed by atoms with Gasteiger partial charge in [0.15, 0.2) is 11.6 Å². The molecule has 10 heteroatoms. The van der Waals surface area contributed by atoms with Crippen LogP contribution in [0.5, 0.6) is 0 Å². The lowest BCUT2D eigenvalue weighted by molar-refractivity contribution is 0.120. The number of ether oxygens (including phenoxy) is 1. The van der Waals surface area contributed by atoms with E-state index in [1.54, 1.807) is 6.07 Å². The lowest BCUT2D eigenvalue weighted by Crippen LogP contribution is -2.38. The molecule has 0 amide bonds. The zero-order valence-electron chi connectivity index (χ0n) is 22.7. The van der Waals surface area contributed by atoms with E-state index in [1.165, 1.54) is 6.07 Å². The molecule has 8 nitrogen and oxygen atoms in total. The summed E-state index contributed by atoms with van der Waals surface area (Å²) in [7, 11) is 0. The van der Waals surface area contributed by atoms with Gasteiger partial charge in [0.25, 0.3) is 0 Å². The van der Waals surface area contributed by atoms with Gasteiger partial charge in [-0.05, 0) is 77.4 Å². The van der Waals surface area contributed by atoms with Crippen molar-refractivity contribution in [3.63, 3.8) is 0 Å². The van der Waals surface area contributed by atoms with Crippen molar-refractivity contribution in [2.24, 2.45) is 5.92 Å². The number of imidazole rings is 1. The highest BCUT2D eigenvalue weighted by molar-refractivity contribution is 5.83. The minimum absolute atomic E-state index is 0.00262. The Morgan fingerprint density at radius 1 is 1.08 bits per heavy atom. The van der Waals surface area contributed by atoms with E-state index in [9.17, 15) is 8.78 Å². The molecule has 39 heavy (non-hydrogen) atoms. The molecule has 2 saturated heterocycles. The Kier molecular flexibility index (Phi) is 6.55. The zero-order valence-corrected chi connectivity index (χ0v) is 22.7. The maximum absolute atomic E-state index is 15.0. The number of halogens is 2. The number of aryl methyl sites for hydroxylation is 1. The highest BCUT2D eigenvalue weighted by Crippen LogP contribution is 2.49. The van der Waals surface area contributed by atoms with Crippen LogP contribution in [0.3, 0.4) is 0 Å². The third-order valence-electron chi connectivity index (χ3n) is 8.10. The van der Waals surface area contributed by atoms with E-state index < -0.39 is 11.6 Å². The van der Waals surface area contributed by atoms with Crippen LogP contribution >= 0.6 is 0 Å². The first-order valence-corrected chi connectivity index (χ1v) is 13.6. The number of anilines is 2. The Labute approximate surface area is 226 Å². The predicted octanol–water partition coefficient (Wildman–Crippen LogP) is 5.76. The molecule has 3 aromatic heterocycles. The lowest BCUT2D eigenvalue weighted by atomic mass is 9.80. The molecule has 4 aromatic rings. The number of epoxide rings is 1. The van der Waals surface area contributed by atoms with Gasteiger partial charge in [0.1, 0.15) is 28.5 Å². The van der Waals surface area contributed by atoms with Gasteiger partial charge in [-0.15, -0.1) is 0 Å². The summed E-state index contributed by atoms with van der Waals surface area (Å²) < 4.78 is 37.8. The fraction of sp³-hybridized carbons (Fsp3) is 0.448. The normalized spacial score (nSPS) is 20.2. The summed E-state index contributed by atoms with van der Waals surface area (Å²) in [5.41, 5.74) is 2.01. The standard InChI is InChI=1S/C29H33F2N7O/c1-5-37-10-8-20(9-11-37)29(16-39-29)21-6-7-25(32-14-21)35-28-33-15-23(31)26(36-28)19-12-22(30)27-24(13-19)38(17(2)3)18(4)34-27/h6-7,12-15,17,20H,5,8-11,16H2,1-4H3,(H,32,33,35,36)/t29-/m0/s1. The molecule has 0 radical (unpaired) electrons. The predicted molar refractivity (Wildman–Crippen MR) is 146 cm³/mol. The van der Waals surface area contributed by atoms with Gasteiger partial charge < -0.3 is 19.5 Å². The van der Waals surface area contributed by atoms with Crippen molar-refractivity contribution in [3.05, 3.63) is 59.7 Å². The fourth-order valence-corrected chi connectivity index (χ4v) is 5.95. The van der Waals surface area contributed by atoms with Crippen LogP contribution in [0.1, 0.15) is 51.0 Å². The summed E-state index contributed by atoms with van der Waals surface area (Å²) in [6.45, 7) is 12.0. The van der Waals surface area contributed by atoms with Crippen molar-refractivity contribution < 1.29 is 13.5 Å². The summed E-state index contributed by atoms with van der Waals surface area (Å²) in [5, 5.41) is 3.06. The molecule has 1 N–H and O–H groups in total. The number of pyridine rings is 1. The molecule has 0 bridgehead atoms. The number of likely N-dealkylation sites (tertiary alicyclic amines) is 1. The molecule has 0 spiro atoms. The van der Waals surface area contributed by atoms with Crippen molar-refractivity contribution in [2.45, 2.75) is 52.2 Å². The number of piperidine rings is 1. The summed E-state index contributed by atoms with van der Waals surface area (Å²) in [6, 6.07) is 6.94. The van der Waals surface area contributed by atoms with Crippen molar-refractivity contribution in [2.75, 3.05) is 31.6 Å². The van der Waals surface area contributed by atoms with Gasteiger partial charge in [0.05, 0.1) is 18.3 Å². The number of nitrogens with one attached hydrogen (secondary N) is 1. The number of aromatic nitrogens is 5. The van der Waals surface area contributed by atoms with Gasteiger partial charge in [-0.3, -0.25) is 0 Å². The zero-order chi connectivity index (χ0) is 27.3. The molecule has 2 aliphatic rings. The van der Waals surface area contributed by atoms with Gasteiger partial charge in [-0.25, -0.2) is 28.7 Å². The topological polar surface area (TPSA) is 84.3 Å². The first kappa shape index (κ1) is 25.8. The van der Waals surface area contributed by atoms with Crippen LogP contribution in [0.4, 0.5) is 20.5 Å². The second-order valence-electron chi connectivity index (χ2n) is 10.8. The molecule has 1 aromatic carbocycles. The number of nitrogens with zero attached hydrogens (tertiary/aromatic N) is 6. The van der Waals surface area contributed by atoms with E-state index >= 15 is 0 Å². The molecule has 6 rings (SSSR count). The second kappa shape index (κ2) is 9.91.